The smallest absolute Gasteiger partial charge is 0.303 e. The van der Waals surface area contributed by atoms with E-state index in [0.717, 1.165) is 13.1 Å². The van der Waals surface area contributed by atoms with Gasteiger partial charge in [-0.2, -0.15) is 8.78 Å². The van der Waals surface area contributed by atoms with Gasteiger partial charge < -0.3 is 20.5 Å². The summed E-state index contributed by atoms with van der Waals surface area (Å²) < 4.78 is 32.7. The third kappa shape index (κ3) is 5.33. The lowest BCUT2D eigenvalue weighted by Gasteiger charge is -2.27. The highest BCUT2D eigenvalue weighted by Crippen LogP contribution is 2.26. The zero-order chi connectivity index (χ0) is 22.0. The van der Waals surface area contributed by atoms with Crippen molar-refractivity contribution in [1.29, 1.82) is 0 Å². The number of hydrogen-bond acceptors (Lipinski definition) is 7. The molecule has 1 aromatic heterocycles. The minimum Gasteiger partial charge on any atom is -0.390 e. The average Bonchev–Trinajstić information content (AvgIpc) is 3.10. The first-order valence-electron chi connectivity index (χ1n) is 10.1. The van der Waals surface area contributed by atoms with E-state index in [4.69, 9.17) is 4.74 Å². The lowest BCUT2D eigenvalue weighted by atomic mass is 10.1. The molecule has 0 spiro atoms. The number of rotatable bonds is 8. The zero-order valence-electron chi connectivity index (χ0n) is 17.1. The highest BCUT2D eigenvalue weighted by Gasteiger charge is 2.31. The SMILES string of the molecule is CC(F)(F)c1nc(NC2COC2)cc(C(=O)NC[C@H](O)CN2Cc3ccccc3C2)n1. The third-order valence-corrected chi connectivity index (χ3v) is 5.21. The molecule has 10 heteroatoms. The number of nitrogens with zero attached hydrogens (tertiary/aromatic N) is 3. The molecule has 2 aliphatic heterocycles. The van der Waals surface area contributed by atoms with Gasteiger partial charge in [0.2, 0.25) is 5.82 Å². The molecule has 1 aromatic carbocycles. The van der Waals surface area contributed by atoms with Crippen molar-refractivity contribution in [2.24, 2.45) is 0 Å². The summed E-state index contributed by atoms with van der Waals surface area (Å²) in [4.78, 5) is 22.2. The Bertz CT molecular complexity index is 924. The summed E-state index contributed by atoms with van der Waals surface area (Å²) in [7, 11) is 0. The maximum Gasteiger partial charge on any atom is 0.303 e. The third-order valence-electron chi connectivity index (χ3n) is 5.21. The molecule has 1 fully saturated rings. The van der Waals surface area contributed by atoms with E-state index in [1.807, 2.05) is 12.1 Å². The molecule has 0 aliphatic carbocycles. The minimum atomic E-state index is -3.30. The molecule has 2 aromatic rings. The van der Waals surface area contributed by atoms with Gasteiger partial charge in [0.25, 0.3) is 5.91 Å². The zero-order valence-corrected chi connectivity index (χ0v) is 17.1. The molecule has 0 saturated carbocycles. The number of aromatic nitrogens is 2. The number of carbonyl (C=O) groups excluding carboxylic acids is 1. The fraction of sp³-hybridized carbons (Fsp3) is 0.476. The number of halogens is 2. The number of aliphatic hydroxyl groups excluding tert-OH is 1. The fourth-order valence-electron chi connectivity index (χ4n) is 3.56. The number of β-amino-alcohol motifs (C(OH)–C–C–N with tert-alkyl or cyclic N) is 1. The molecule has 1 amide bonds. The van der Waals surface area contributed by atoms with Gasteiger partial charge >= 0.3 is 5.92 Å². The Balaban J connectivity index is 1.35. The number of anilines is 1. The van der Waals surface area contributed by atoms with Crippen LogP contribution in [-0.4, -0.2) is 64.3 Å². The van der Waals surface area contributed by atoms with Crippen molar-refractivity contribution in [3.05, 3.63) is 53.0 Å². The van der Waals surface area contributed by atoms with Gasteiger partial charge in [-0.05, 0) is 11.1 Å². The molecule has 166 valence electrons. The lowest BCUT2D eigenvalue weighted by Crippen LogP contribution is -2.41. The summed E-state index contributed by atoms with van der Waals surface area (Å²) in [5.41, 5.74) is 2.27. The van der Waals surface area contributed by atoms with Crippen LogP contribution < -0.4 is 10.6 Å². The molecule has 3 N–H and O–H groups in total. The van der Waals surface area contributed by atoms with Gasteiger partial charge in [0.05, 0.1) is 25.4 Å². The van der Waals surface area contributed by atoms with Crippen molar-refractivity contribution in [3.63, 3.8) is 0 Å². The molecular formula is C21H25F2N5O3. The van der Waals surface area contributed by atoms with Crippen LogP contribution >= 0.6 is 0 Å². The van der Waals surface area contributed by atoms with Gasteiger partial charge in [-0.1, -0.05) is 24.3 Å². The van der Waals surface area contributed by atoms with Gasteiger partial charge in [-0.3, -0.25) is 9.69 Å². The number of fused-ring (bicyclic) bond motifs is 1. The molecule has 0 unspecified atom stereocenters. The summed E-state index contributed by atoms with van der Waals surface area (Å²) in [6, 6.07) is 9.36. The Kier molecular flexibility index (Phi) is 6.12. The van der Waals surface area contributed by atoms with Crippen molar-refractivity contribution >= 4 is 11.7 Å². The molecule has 1 saturated heterocycles. The molecule has 31 heavy (non-hydrogen) atoms. The van der Waals surface area contributed by atoms with Crippen molar-refractivity contribution in [3.8, 4) is 0 Å². The summed E-state index contributed by atoms with van der Waals surface area (Å²) >= 11 is 0. The first-order chi connectivity index (χ1) is 14.8. The van der Waals surface area contributed by atoms with Gasteiger partial charge in [-0.15, -0.1) is 0 Å². The van der Waals surface area contributed by atoms with E-state index in [0.29, 0.717) is 26.7 Å². The largest absolute Gasteiger partial charge is 0.390 e. The van der Waals surface area contributed by atoms with Crippen molar-refractivity contribution in [2.45, 2.75) is 38.1 Å². The first kappa shape index (κ1) is 21.5. The minimum absolute atomic E-state index is 0.0211. The molecular weight excluding hydrogens is 408 g/mol. The van der Waals surface area contributed by atoms with Crippen LogP contribution in [0.2, 0.25) is 0 Å². The summed E-state index contributed by atoms with van der Waals surface area (Å²) in [6.07, 6.45) is -0.808. The monoisotopic (exact) mass is 433 g/mol. The predicted molar refractivity (Wildman–Crippen MR) is 109 cm³/mol. The van der Waals surface area contributed by atoms with Crippen LogP contribution in [0.3, 0.4) is 0 Å². The maximum atomic E-state index is 13.8. The van der Waals surface area contributed by atoms with Crippen LogP contribution in [0, 0.1) is 0 Å². The Labute approximate surface area is 178 Å². The summed E-state index contributed by atoms with van der Waals surface area (Å²) in [5, 5.41) is 15.9. The highest BCUT2D eigenvalue weighted by atomic mass is 19.3. The highest BCUT2D eigenvalue weighted by molar-refractivity contribution is 5.93. The van der Waals surface area contributed by atoms with E-state index >= 15 is 0 Å². The van der Waals surface area contributed by atoms with E-state index in [2.05, 4.69) is 37.6 Å². The summed E-state index contributed by atoms with van der Waals surface area (Å²) in [5.74, 6) is -4.55. The van der Waals surface area contributed by atoms with Crippen LogP contribution in [0.25, 0.3) is 0 Å². The van der Waals surface area contributed by atoms with Crippen molar-refractivity contribution < 1.29 is 23.4 Å². The number of benzene rings is 1. The number of alkyl halides is 2. The normalized spacial score (nSPS) is 17.7. The number of amides is 1. The molecule has 4 rings (SSSR count). The Morgan fingerprint density at radius 2 is 1.97 bits per heavy atom. The second-order valence-corrected chi connectivity index (χ2v) is 8.03. The number of carbonyl (C=O) groups is 1. The Morgan fingerprint density at radius 1 is 1.29 bits per heavy atom. The molecule has 8 nitrogen and oxygen atoms in total. The van der Waals surface area contributed by atoms with E-state index in [1.54, 1.807) is 0 Å². The van der Waals surface area contributed by atoms with Gasteiger partial charge in [-0.25, -0.2) is 9.97 Å². The maximum absolute atomic E-state index is 13.8. The predicted octanol–water partition coefficient (Wildman–Crippen LogP) is 1.51. The second-order valence-electron chi connectivity index (χ2n) is 8.03. The topological polar surface area (TPSA) is 99.6 Å². The molecule has 1 atom stereocenters. The first-order valence-corrected chi connectivity index (χ1v) is 10.1. The van der Waals surface area contributed by atoms with E-state index in [1.165, 1.54) is 17.2 Å². The fourth-order valence-corrected chi connectivity index (χ4v) is 3.56. The number of aliphatic hydroxyl groups is 1. The van der Waals surface area contributed by atoms with Crippen LogP contribution in [0.1, 0.15) is 34.4 Å². The van der Waals surface area contributed by atoms with E-state index in [-0.39, 0.29) is 24.1 Å². The Hall–Kier alpha value is -2.69. The Morgan fingerprint density at radius 3 is 2.55 bits per heavy atom. The molecule has 3 heterocycles. The van der Waals surface area contributed by atoms with E-state index < -0.39 is 23.8 Å². The molecule has 0 radical (unpaired) electrons. The standard InChI is InChI=1S/C21H25F2N5O3/c1-21(22,23)20-26-17(6-18(27-20)25-15-11-31-12-15)19(30)24-7-16(29)10-28-8-13-4-2-3-5-14(13)9-28/h2-6,15-16,29H,7-12H2,1H3,(H,24,30)(H,25,26,27)/t16-/m0/s1. The number of ether oxygens (including phenoxy) is 1. The number of nitrogens with one attached hydrogen (secondary N) is 2. The van der Waals surface area contributed by atoms with Gasteiger partial charge in [0.1, 0.15) is 11.5 Å². The second kappa shape index (κ2) is 8.81. The van der Waals surface area contributed by atoms with Crippen molar-refractivity contribution in [1.82, 2.24) is 20.2 Å². The van der Waals surface area contributed by atoms with Crippen molar-refractivity contribution in [2.75, 3.05) is 31.6 Å². The van der Waals surface area contributed by atoms with Crippen LogP contribution in [0.15, 0.2) is 30.3 Å². The number of hydrogen-bond donors (Lipinski definition) is 3. The van der Waals surface area contributed by atoms with E-state index in [9.17, 15) is 18.7 Å². The lowest BCUT2D eigenvalue weighted by molar-refractivity contribution is 0.00730. The van der Waals surface area contributed by atoms with Crippen LogP contribution in [0.4, 0.5) is 14.6 Å². The molecule has 0 bridgehead atoms. The quantitative estimate of drug-likeness (QED) is 0.580. The van der Waals surface area contributed by atoms with Gasteiger partial charge in [0.15, 0.2) is 0 Å². The average molecular weight is 433 g/mol. The summed E-state index contributed by atoms with van der Waals surface area (Å²) in [6.45, 7) is 3.39. The van der Waals surface area contributed by atoms with Crippen LogP contribution in [-0.2, 0) is 23.7 Å². The van der Waals surface area contributed by atoms with Crippen LogP contribution in [0.5, 0.6) is 0 Å². The molecule has 2 aliphatic rings. The van der Waals surface area contributed by atoms with Gasteiger partial charge in [0, 0.05) is 39.2 Å².